The molecular formula is C34H41NOSi. The van der Waals surface area contributed by atoms with Crippen LogP contribution in [0.15, 0.2) is 103 Å². The Balaban J connectivity index is 1.55. The van der Waals surface area contributed by atoms with E-state index in [9.17, 15) is 0 Å². The third kappa shape index (κ3) is 5.39. The van der Waals surface area contributed by atoms with Crippen LogP contribution in [0, 0.1) is 0 Å². The van der Waals surface area contributed by atoms with Crippen molar-refractivity contribution in [2.24, 2.45) is 0 Å². The van der Waals surface area contributed by atoms with Crippen LogP contribution in [-0.2, 0) is 17.6 Å². The van der Waals surface area contributed by atoms with Crippen molar-refractivity contribution < 1.29 is 4.43 Å². The average Bonchev–Trinajstić information content (AvgIpc) is 3.33. The van der Waals surface area contributed by atoms with Gasteiger partial charge < -0.3 is 8.99 Å². The molecular weight excluding hydrogens is 466 g/mol. The summed E-state index contributed by atoms with van der Waals surface area (Å²) in [5.41, 5.74) is 4.13. The molecule has 0 radical (unpaired) electrons. The standard InChI is InChI=1S/C34H41NOSi/c1-34(2,3)37(31-20-12-6-13-21-31,32-22-14-7-15-23-32)36-27-30-24-25-33(29-18-10-5-11-19-29)35(30)26-28-16-8-4-9-17-28/h4,6-9,12-17,20-25,29H,5,10-11,18-19,26-27H2,1-3H3. The minimum atomic E-state index is -2.59. The number of nitrogens with zero attached hydrogens (tertiary/aromatic N) is 1. The van der Waals surface area contributed by atoms with E-state index >= 15 is 0 Å². The lowest BCUT2D eigenvalue weighted by atomic mass is 9.87. The Morgan fingerprint density at radius 1 is 0.703 bits per heavy atom. The molecule has 0 unspecified atom stereocenters. The van der Waals surface area contributed by atoms with E-state index < -0.39 is 8.32 Å². The van der Waals surface area contributed by atoms with E-state index in [1.807, 2.05) is 0 Å². The van der Waals surface area contributed by atoms with Crippen LogP contribution in [0.2, 0.25) is 5.04 Å². The first-order valence-electron chi connectivity index (χ1n) is 14.0. The third-order valence-corrected chi connectivity index (χ3v) is 13.1. The molecule has 1 fully saturated rings. The van der Waals surface area contributed by atoms with Gasteiger partial charge in [-0.05, 0) is 51.9 Å². The molecule has 1 aliphatic carbocycles. The Hall–Kier alpha value is -2.88. The second-order valence-corrected chi connectivity index (χ2v) is 15.9. The second-order valence-electron chi connectivity index (χ2n) is 11.6. The maximum Gasteiger partial charge on any atom is 0.261 e. The van der Waals surface area contributed by atoms with Gasteiger partial charge in [-0.15, -0.1) is 0 Å². The topological polar surface area (TPSA) is 14.2 Å². The van der Waals surface area contributed by atoms with E-state index in [1.165, 1.54) is 59.4 Å². The van der Waals surface area contributed by atoms with Crippen LogP contribution in [0.3, 0.4) is 0 Å². The predicted molar refractivity (Wildman–Crippen MR) is 158 cm³/mol. The summed E-state index contributed by atoms with van der Waals surface area (Å²) < 4.78 is 9.92. The molecule has 0 saturated heterocycles. The van der Waals surface area contributed by atoms with Gasteiger partial charge in [0.25, 0.3) is 8.32 Å². The van der Waals surface area contributed by atoms with Gasteiger partial charge in [0.05, 0.1) is 6.61 Å². The van der Waals surface area contributed by atoms with Crippen LogP contribution in [0.5, 0.6) is 0 Å². The molecule has 5 rings (SSSR count). The number of aromatic nitrogens is 1. The van der Waals surface area contributed by atoms with Crippen LogP contribution < -0.4 is 10.4 Å². The molecule has 1 heterocycles. The highest BCUT2D eigenvalue weighted by Crippen LogP contribution is 2.38. The molecule has 0 aliphatic heterocycles. The smallest absolute Gasteiger partial charge is 0.261 e. The highest BCUT2D eigenvalue weighted by Gasteiger charge is 2.50. The fraction of sp³-hybridized carbons (Fsp3) is 0.353. The first kappa shape index (κ1) is 25.8. The van der Waals surface area contributed by atoms with Crippen molar-refractivity contribution in [1.29, 1.82) is 0 Å². The average molecular weight is 508 g/mol. The number of rotatable bonds is 8. The Labute approximate surface area is 224 Å². The summed E-state index contributed by atoms with van der Waals surface area (Å²) in [5.74, 6) is 0.652. The van der Waals surface area contributed by atoms with Crippen molar-refractivity contribution in [3.63, 3.8) is 0 Å². The van der Waals surface area contributed by atoms with Gasteiger partial charge in [0.2, 0.25) is 0 Å². The molecule has 0 N–H and O–H groups in total. The Morgan fingerprint density at radius 2 is 1.24 bits per heavy atom. The molecule has 0 atom stereocenters. The molecule has 3 heteroatoms. The van der Waals surface area contributed by atoms with E-state index in [1.54, 1.807) is 0 Å². The lowest BCUT2D eigenvalue weighted by Crippen LogP contribution is -2.66. The summed E-state index contributed by atoms with van der Waals surface area (Å²) in [6.07, 6.45) is 6.66. The maximum atomic E-state index is 7.35. The van der Waals surface area contributed by atoms with Gasteiger partial charge in [0, 0.05) is 17.9 Å². The van der Waals surface area contributed by atoms with Crippen LogP contribution in [-0.4, -0.2) is 12.9 Å². The summed E-state index contributed by atoms with van der Waals surface area (Å²) in [4.78, 5) is 0. The lowest BCUT2D eigenvalue weighted by molar-refractivity contribution is 0.275. The van der Waals surface area contributed by atoms with Gasteiger partial charge in [-0.3, -0.25) is 0 Å². The Morgan fingerprint density at radius 3 is 1.78 bits per heavy atom. The second kappa shape index (κ2) is 11.2. The minimum Gasteiger partial charge on any atom is -0.402 e. The minimum absolute atomic E-state index is 0.0290. The quantitative estimate of drug-likeness (QED) is 0.223. The van der Waals surface area contributed by atoms with Crippen LogP contribution in [0.1, 0.15) is 75.7 Å². The molecule has 192 valence electrons. The van der Waals surface area contributed by atoms with E-state index in [0.717, 1.165) is 6.54 Å². The molecule has 0 bridgehead atoms. The lowest BCUT2D eigenvalue weighted by Gasteiger charge is -2.43. The number of benzene rings is 3. The van der Waals surface area contributed by atoms with Gasteiger partial charge in [-0.2, -0.15) is 0 Å². The van der Waals surface area contributed by atoms with Gasteiger partial charge in [-0.1, -0.05) is 131 Å². The van der Waals surface area contributed by atoms with Crippen molar-refractivity contribution in [1.82, 2.24) is 4.57 Å². The van der Waals surface area contributed by atoms with E-state index in [0.29, 0.717) is 12.5 Å². The fourth-order valence-corrected chi connectivity index (χ4v) is 10.8. The molecule has 2 nitrogen and oxygen atoms in total. The van der Waals surface area contributed by atoms with E-state index in [-0.39, 0.29) is 5.04 Å². The van der Waals surface area contributed by atoms with Gasteiger partial charge in [-0.25, -0.2) is 0 Å². The summed E-state index contributed by atoms with van der Waals surface area (Å²) in [6, 6.07) is 37.6. The highest BCUT2D eigenvalue weighted by atomic mass is 28.4. The zero-order valence-corrected chi connectivity index (χ0v) is 23.7. The largest absolute Gasteiger partial charge is 0.402 e. The normalized spacial score (nSPS) is 15.1. The fourth-order valence-electron chi connectivity index (χ4n) is 6.31. The molecule has 1 saturated carbocycles. The third-order valence-electron chi connectivity index (χ3n) is 8.17. The first-order chi connectivity index (χ1) is 18.0. The SMILES string of the molecule is CC(C)(C)[Si](OCc1ccc(C2CCCCC2)n1Cc1ccccc1)(c1ccccc1)c1ccccc1. The molecule has 0 spiro atoms. The van der Waals surface area contributed by atoms with E-state index in [2.05, 4.69) is 128 Å². The molecule has 1 aliphatic rings. The van der Waals surface area contributed by atoms with Crippen LogP contribution in [0.25, 0.3) is 0 Å². The Bertz CT molecular complexity index is 1210. The van der Waals surface area contributed by atoms with Crippen LogP contribution >= 0.6 is 0 Å². The summed E-state index contributed by atoms with van der Waals surface area (Å²) in [6.45, 7) is 8.59. The molecule has 37 heavy (non-hydrogen) atoms. The summed E-state index contributed by atoms with van der Waals surface area (Å²) >= 11 is 0. The predicted octanol–water partition coefficient (Wildman–Crippen LogP) is 7.66. The van der Waals surface area contributed by atoms with E-state index in [4.69, 9.17) is 4.43 Å². The van der Waals surface area contributed by atoms with Crippen molar-refractivity contribution in [2.75, 3.05) is 0 Å². The van der Waals surface area contributed by atoms with Crippen molar-refractivity contribution in [3.05, 3.63) is 120 Å². The molecule has 4 aromatic rings. The van der Waals surface area contributed by atoms with Gasteiger partial charge >= 0.3 is 0 Å². The monoisotopic (exact) mass is 507 g/mol. The van der Waals surface area contributed by atoms with Gasteiger partial charge in [0.1, 0.15) is 0 Å². The van der Waals surface area contributed by atoms with Crippen LogP contribution in [0.4, 0.5) is 0 Å². The highest BCUT2D eigenvalue weighted by molar-refractivity contribution is 6.99. The maximum absolute atomic E-state index is 7.35. The Kier molecular flexibility index (Phi) is 7.83. The first-order valence-corrected chi connectivity index (χ1v) is 15.9. The molecule has 0 amide bonds. The molecule has 1 aromatic heterocycles. The van der Waals surface area contributed by atoms with Gasteiger partial charge in [0.15, 0.2) is 0 Å². The zero-order chi connectivity index (χ0) is 25.7. The molecule has 3 aromatic carbocycles. The van der Waals surface area contributed by atoms with Crippen molar-refractivity contribution in [2.45, 2.75) is 77.0 Å². The van der Waals surface area contributed by atoms with Crippen molar-refractivity contribution >= 4 is 18.7 Å². The zero-order valence-electron chi connectivity index (χ0n) is 22.7. The number of hydrogen-bond acceptors (Lipinski definition) is 1. The summed E-state index contributed by atoms with van der Waals surface area (Å²) in [5, 5.41) is 2.64. The number of hydrogen-bond donors (Lipinski definition) is 0. The summed E-state index contributed by atoms with van der Waals surface area (Å²) in [7, 11) is -2.59. The van der Waals surface area contributed by atoms with Crippen molar-refractivity contribution in [3.8, 4) is 0 Å².